The lowest BCUT2D eigenvalue weighted by atomic mass is 10.2. The molecule has 0 aliphatic rings. The van der Waals surface area contributed by atoms with Crippen LogP contribution in [0.2, 0.25) is 0 Å². The maximum Gasteiger partial charge on any atom is 0.270 e. The van der Waals surface area contributed by atoms with E-state index in [0.29, 0.717) is 16.6 Å². The average molecular weight is 203 g/mol. The fraction of sp³-hybridized carbons (Fsp3) is 0. The summed E-state index contributed by atoms with van der Waals surface area (Å²) in [5.41, 5.74) is 9.31. The number of nitro benzene ring substituents is 1. The van der Waals surface area contributed by atoms with Crippen molar-refractivity contribution in [2.24, 2.45) is 5.11 Å². The van der Waals surface area contributed by atoms with Crippen LogP contribution in [0.1, 0.15) is 0 Å². The molecule has 1 heterocycles. The summed E-state index contributed by atoms with van der Waals surface area (Å²) in [6, 6.07) is 4.33. The van der Waals surface area contributed by atoms with Gasteiger partial charge in [-0.3, -0.25) is 10.1 Å². The molecule has 2 rings (SSSR count). The Morgan fingerprint density at radius 3 is 3.00 bits per heavy atom. The molecule has 7 nitrogen and oxygen atoms in total. The highest BCUT2D eigenvalue weighted by atomic mass is 16.6. The maximum atomic E-state index is 10.5. The third-order valence-corrected chi connectivity index (χ3v) is 2.01. The molecule has 0 bridgehead atoms. The average Bonchev–Trinajstić information content (AvgIpc) is 2.61. The Labute approximate surface area is 83.1 Å². The van der Waals surface area contributed by atoms with Crippen molar-refractivity contribution in [1.29, 1.82) is 0 Å². The number of hydrogen-bond donors (Lipinski definition) is 1. The van der Waals surface area contributed by atoms with E-state index < -0.39 is 4.92 Å². The fourth-order valence-corrected chi connectivity index (χ4v) is 1.34. The third-order valence-electron chi connectivity index (χ3n) is 2.01. The summed E-state index contributed by atoms with van der Waals surface area (Å²) in [4.78, 5) is 15.5. The van der Waals surface area contributed by atoms with Gasteiger partial charge in [0.1, 0.15) is 0 Å². The van der Waals surface area contributed by atoms with E-state index in [1.165, 1.54) is 18.3 Å². The van der Waals surface area contributed by atoms with Gasteiger partial charge in [0, 0.05) is 34.1 Å². The van der Waals surface area contributed by atoms with E-state index in [0.717, 1.165) is 0 Å². The molecule has 0 saturated heterocycles. The van der Waals surface area contributed by atoms with E-state index >= 15 is 0 Å². The van der Waals surface area contributed by atoms with Crippen molar-refractivity contribution in [3.63, 3.8) is 0 Å². The molecule has 0 atom stereocenters. The lowest BCUT2D eigenvalue weighted by Gasteiger charge is -1.92. The summed E-state index contributed by atoms with van der Waals surface area (Å²) in [6.45, 7) is 0. The molecule has 15 heavy (non-hydrogen) atoms. The zero-order valence-corrected chi connectivity index (χ0v) is 7.41. The van der Waals surface area contributed by atoms with Gasteiger partial charge in [-0.2, -0.15) is 0 Å². The highest BCUT2D eigenvalue weighted by Crippen LogP contribution is 2.29. The number of nitrogens with one attached hydrogen (secondary N) is 1. The van der Waals surface area contributed by atoms with Gasteiger partial charge >= 0.3 is 0 Å². The van der Waals surface area contributed by atoms with Crippen LogP contribution in [0.5, 0.6) is 0 Å². The smallest absolute Gasteiger partial charge is 0.270 e. The van der Waals surface area contributed by atoms with E-state index in [1.807, 2.05) is 0 Å². The van der Waals surface area contributed by atoms with E-state index in [2.05, 4.69) is 15.0 Å². The predicted octanol–water partition coefficient (Wildman–Crippen LogP) is 3.02. The molecule has 0 amide bonds. The van der Waals surface area contributed by atoms with Gasteiger partial charge in [0.25, 0.3) is 5.69 Å². The minimum Gasteiger partial charge on any atom is -0.361 e. The number of hydrogen-bond acceptors (Lipinski definition) is 3. The number of rotatable bonds is 2. The number of azide groups is 1. The van der Waals surface area contributed by atoms with E-state index in [-0.39, 0.29) is 5.69 Å². The van der Waals surface area contributed by atoms with Crippen molar-refractivity contribution in [3.8, 4) is 0 Å². The van der Waals surface area contributed by atoms with Crippen molar-refractivity contribution in [3.05, 3.63) is 45.0 Å². The quantitative estimate of drug-likeness (QED) is 0.266. The molecule has 0 radical (unpaired) electrons. The predicted molar refractivity (Wildman–Crippen MR) is 53.8 cm³/mol. The van der Waals surface area contributed by atoms with Gasteiger partial charge in [0.2, 0.25) is 0 Å². The first-order chi connectivity index (χ1) is 7.22. The van der Waals surface area contributed by atoms with Gasteiger partial charge in [-0.25, -0.2) is 0 Å². The van der Waals surface area contributed by atoms with E-state index in [4.69, 9.17) is 5.53 Å². The van der Waals surface area contributed by atoms with Crippen molar-refractivity contribution in [2.75, 3.05) is 0 Å². The van der Waals surface area contributed by atoms with Crippen LogP contribution in [0.15, 0.2) is 29.5 Å². The zero-order chi connectivity index (χ0) is 10.8. The normalized spacial score (nSPS) is 9.87. The Hall–Kier alpha value is -2.53. The Morgan fingerprint density at radius 2 is 2.33 bits per heavy atom. The van der Waals surface area contributed by atoms with E-state index in [1.54, 1.807) is 6.07 Å². The Bertz CT molecular complexity index is 582. The molecule has 0 saturated carbocycles. The lowest BCUT2D eigenvalue weighted by molar-refractivity contribution is -0.384. The summed E-state index contributed by atoms with van der Waals surface area (Å²) in [5, 5.41) is 14.5. The molecule has 0 aliphatic carbocycles. The number of aromatic nitrogens is 1. The van der Waals surface area contributed by atoms with Crippen LogP contribution >= 0.6 is 0 Å². The van der Waals surface area contributed by atoms with Crippen LogP contribution in [0.3, 0.4) is 0 Å². The molecule has 7 heteroatoms. The van der Waals surface area contributed by atoms with Gasteiger partial charge in [0.05, 0.1) is 10.6 Å². The number of non-ortho nitro benzene ring substituents is 1. The van der Waals surface area contributed by atoms with Crippen LogP contribution in [-0.4, -0.2) is 9.91 Å². The van der Waals surface area contributed by atoms with Gasteiger partial charge in [-0.15, -0.1) is 0 Å². The number of fused-ring (bicyclic) bond motifs is 1. The van der Waals surface area contributed by atoms with Crippen molar-refractivity contribution in [2.45, 2.75) is 0 Å². The van der Waals surface area contributed by atoms with Crippen LogP contribution in [0, 0.1) is 10.1 Å². The Balaban J connectivity index is 2.71. The number of aromatic amines is 1. The highest BCUT2D eigenvalue weighted by molar-refractivity contribution is 5.92. The van der Waals surface area contributed by atoms with Gasteiger partial charge in [0.15, 0.2) is 0 Å². The van der Waals surface area contributed by atoms with Crippen LogP contribution < -0.4 is 0 Å². The topological polar surface area (TPSA) is 108 Å². The molecule has 0 spiro atoms. The van der Waals surface area contributed by atoms with Crippen molar-refractivity contribution in [1.82, 2.24) is 4.98 Å². The van der Waals surface area contributed by atoms with Gasteiger partial charge < -0.3 is 4.98 Å². The van der Waals surface area contributed by atoms with Gasteiger partial charge in [-0.05, 0) is 11.6 Å². The minimum absolute atomic E-state index is 0.0310. The number of benzene rings is 1. The molecule has 1 aromatic heterocycles. The molecule has 0 unspecified atom stereocenters. The third kappa shape index (κ3) is 1.47. The summed E-state index contributed by atoms with van der Waals surface area (Å²) in [5.74, 6) is 0. The number of nitro groups is 1. The lowest BCUT2D eigenvalue weighted by Crippen LogP contribution is -1.86. The second-order valence-corrected chi connectivity index (χ2v) is 2.85. The molecule has 0 aliphatic heterocycles. The van der Waals surface area contributed by atoms with Crippen LogP contribution in [0.25, 0.3) is 21.3 Å². The first-order valence-corrected chi connectivity index (χ1v) is 4.03. The van der Waals surface area contributed by atoms with Crippen LogP contribution in [-0.2, 0) is 0 Å². The fourth-order valence-electron chi connectivity index (χ4n) is 1.34. The summed E-state index contributed by atoms with van der Waals surface area (Å²) in [6.07, 6.45) is 1.51. The number of nitrogens with zero attached hydrogens (tertiary/aromatic N) is 4. The zero-order valence-electron chi connectivity index (χ0n) is 7.41. The second-order valence-electron chi connectivity index (χ2n) is 2.85. The monoisotopic (exact) mass is 203 g/mol. The maximum absolute atomic E-state index is 10.5. The highest BCUT2D eigenvalue weighted by Gasteiger charge is 2.09. The largest absolute Gasteiger partial charge is 0.361 e. The molecule has 2 aromatic rings. The van der Waals surface area contributed by atoms with Crippen LogP contribution in [0.4, 0.5) is 11.4 Å². The Kier molecular flexibility index (Phi) is 2.00. The summed E-state index contributed by atoms with van der Waals surface area (Å²) < 4.78 is 0. The Morgan fingerprint density at radius 1 is 1.53 bits per heavy atom. The van der Waals surface area contributed by atoms with E-state index in [9.17, 15) is 10.1 Å². The SMILES string of the molecule is [N-]=[N+]=Nc1c[nH]c2ccc([N+](=O)[O-])cc12. The molecule has 1 aromatic carbocycles. The molecular weight excluding hydrogens is 198 g/mol. The first kappa shape index (κ1) is 9.04. The minimum atomic E-state index is -0.494. The van der Waals surface area contributed by atoms with Crippen molar-refractivity contribution < 1.29 is 4.92 Å². The molecule has 74 valence electrons. The molecular formula is C8H5N5O2. The van der Waals surface area contributed by atoms with Gasteiger partial charge in [-0.1, -0.05) is 5.11 Å². The first-order valence-electron chi connectivity index (χ1n) is 4.03. The standard InChI is InChI=1S/C8H5N5O2/c9-12-11-8-4-10-7-2-1-5(13(14)15)3-6(7)8/h1-4,10H. The van der Waals surface area contributed by atoms with Crippen molar-refractivity contribution >= 4 is 22.3 Å². The summed E-state index contributed by atoms with van der Waals surface area (Å²) >= 11 is 0. The molecule has 1 N–H and O–H groups in total. The molecule has 0 fully saturated rings. The number of H-pyrrole nitrogens is 1. The second kappa shape index (κ2) is 3.32. The summed E-state index contributed by atoms with van der Waals surface area (Å²) in [7, 11) is 0.